The SMILES string of the molecule is O=[N+]([O-])c1ccc(O)cc1.[BH4-].[Na+]. The fraction of sp³-hybridized carbons (Fsp3) is 0. The van der Waals surface area contributed by atoms with Gasteiger partial charge in [0.25, 0.3) is 5.69 Å². The number of hydrogen-bond acceptors (Lipinski definition) is 3. The molecule has 0 bridgehead atoms. The van der Waals surface area contributed by atoms with Crippen LogP contribution < -0.4 is 29.6 Å². The van der Waals surface area contributed by atoms with E-state index in [1.807, 2.05) is 0 Å². The van der Waals surface area contributed by atoms with Crippen LogP contribution in [0.3, 0.4) is 0 Å². The van der Waals surface area contributed by atoms with E-state index in [1.165, 1.54) is 24.3 Å². The van der Waals surface area contributed by atoms with Crippen molar-refractivity contribution in [3.8, 4) is 5.75 Å². The predicted octanol–water partition coefficient (Wildman–Crippen LogP) is -3.15. The van der Waals surface area contributed by atoms with Crippen molar-refractivity contribution in [3.63, 3.8) is 0 Å². The summed E-state index contributed by atoms with van der Waals surface area (Å²) in [4.78, 5) is 9.52. The number of phenolic OH excluding ortho intramolecular Hbond substituents is 1. The van der Waals surface area contributed by atoms with Crippen LogP contribution in [0, 0.1) is 10.1 Å². The van der Waals surface area contributed by atoms with E-state index in [0.717, 1.165) is 0 Å². The van der Waals surface area contributed by atoms with Gasteiger partial charge in [-0.3, -0.25) is 10.1 Å². The molecule has 0 spiro atoms. The van der Waals surface area contributed by atoms with Crippen molar-refractivity contribution in [3.05, 3.63) is 34.4 Å². The number of non-ortho nitro benzene ring substituents is 1. The smallest absolute Gasteiger partial charge is 0.508 e. The zero-order chi connectivity index (χ0) is 7.56. The molecule has 1 aromatic rings. The molecule has 1 rings (SSSR count). The molecule has 1 aromatic carbocycles. The van der Waals surface area contributed by atoms with Crippen LogP contribution in [-0.2, 0) is 0 Å². The van der Waals surface area contributed by atoms with Gasteiger partial charge >= 0.3 is 29.6 Å². The van der Waals surface area contributed by atoms with Gasteiger partial charge in [0.15, 0.2) is 0 Å². The summed E-state index contributed by atoms with van der Waals surface area (Å²) in [5, 5.41) is 18.8. The topological polar surface area (TPSA) is 63.4 Å². The minimum Gasteiger partial charge on any atom is -0.508 e. The summed E-state index contributed by atoms with van der Waals surface area (Å²) in [7, 11) is 0. The van der Waals surface area contributed by atoms with Crippen LogP contribution in [0.2, 0.25) is 0 Å². The number of hydrogen-bond donors (Lipinski definition) is 1. The Kier molecular flexibility index (Phi) is 7.08. The number of nitro groups is 1. The number of phenols is 1. The number of nitrogens with zero attached hydrogens (tertiary/aromatic N) is 1. The van der Waals surface area contributed by atoms with Crippen LogP contribution in [0.5, 0.6) is 5.75 Å². The van der Waals surface area contributed by atoms with E-state index in [0.29, 0.717) is 0 Å². The van der Waals surface area contributed by atoms with Crippen molar-refractivity contribution in [2.75, 3.05) is 0 Å². The molecule has 0 aromatic heterocycles. The van der Waals surface area contributed by atoms with E-state index < -0.39 is 4.92 Å². The Balaban J connectivity index is 0. The van der Waals surface area contributed by atoms with Gasteiger partial charge in [0.2, 0.25) is 0 Å². The van der Waals surface area contributed by atoms with Crippen LogP contribution in [0.4, 0.5) is 5.69 Å². The average molecular weight is 177 g/mol. The predicted molar refractivity (Wildman–Crippen MR) is 46.1 cm³/mol. The minimum atomic E-state index is -0.514. The molecule has 12 heavy (non-hydrogen) atoms. The Morgan fingerprint density at radius 2 is 1.67 bits per heavy atom. The molecule has 0 aliphatic carbocycles. The van der Waals surface area contributed by atoms with Crippen LogP contribution in [0.15, 0.2) is 24.3 Å². The first-order valence-corrected chi connectivity index (χ1v) is 2.63. The third kappa shape index (κ3) is 3.76. The molecule has 0 fully saturated rings. The molecule has 0 saturated heterocycles. The zero-order valence-electron chi connectivity index (χ0n) is 6.02. The van der Waals surface area contributed by atoms with Gasteiger partial charge in [-0.2, -0.15) is 0 Å². The Morgan fingerprint density at radius 1 is 1.25 bits per heavy atom. The van der Waals surface area contributed by atoms with Crippen LogP contribution in [0.1, 0.15) is 0 Å². The second-order valence-corrected chi connectivity index (χ2v) is 1.77. The molecule has 4 nitrogen and oxygen atoms in total. The largest absolute Gasteiger partial charge is 1.00 e. The Labute approximate surface area is 93.6 Å². The number of benzene rings is 1. The van der Waals surface area contributed by atoms with E-state index >= 15 is 0 Å². The molecule has 0 unspecified atom stereocenters. The van der Waals surface area contributed by atoms with Gasteiger partial charge in [-0.25, -0.2) is 0 Å². The number of rotatable bonds is 1. The zero-order valence-corrected chi connectivity index (χ0v) is 8.02. The Bertz CT molecular complexity index is 251. The van der Waals surface area contributed by atoms with Crippen molar-refractivity contribution < 1.29 is 39.6 Å². The monoisotopic (exact) mass is 177 g/mol. The first-order chi connectivity index (χ1) is 4.70. The molecule has 0 radical (unpaired) electrons. The molecule has 1 N–H and O–H groups in total. The Morgan fingerprint density at radius 3 is 2.00 bits per heavy atom. The summed E-state index contributed by atoms with van der Waals surface area (Å²) in [5.74, 6) is 0.0330. The molecule has 0 heterocycles. The summed E-state index contributed by atoms with van der Waals surface area (Å²) in [6.07, 6.45) is 0. The minimum absolute atomic E-state index is 0. The number of aromatic hydroxyl groups is 1. The van der Waals surface area contributed by atoms with E-state index in [2.05, 4.69) is 0 Å². The third-order valence-electron chi connectivity index (χ3n) is 1.06. The number of nitro benzene ring substituents is 1. The first kappa shape index (κ1) is 14.0. The molecule has 0 aliphatic rings. The van der Waals surface area contributed by atoms with Crippen LogP contribution in [0.25, 0.3) is 0 Å². The van der Waals surface area contributed by atoms with Gasteiger partial charge < -0.3 is 5.11 Å². The summed E-state index contributed by atoms with van der Waals surface area (Å²) in [6, 6.07) is 5.04. The molecular formula is C6H9BNNaO3. The summed E-state index contributed by atoms with van der Waals surface area (Å²) < 4.78 is 0. The molecule has 0 amide bonds. The quantitative estimate of drug-likeness (QED) is 0.280. The molecule has 0 atom stereocenters. The summed E-state index contributed by atoms with van der Waals surface area (Å²) >= 11 is 0. The van der Waals surface area contributed by atoms with E-state index in [-0.39, 0.29) is 49.4 Å². The van der Waals surface area contributed by atoms with E-state index in [9.17, 15) is 10.1 Å². The van der Waals surface area contributed by atoms with E-state index in [1.54, 1.807) is 0 Å². The van der Waals surface area contributed by atoms with Crippen molar-refractivity contribution in [1.82, 2.24) is 0 Å². The Hall–Kier alpha value is -0.515. The van der Waals surface area contributed by atoms with E-state index in [4.69, 9.17) is 5.11 Å². The third-order valence-corrected chi connectivity index (χ3v) is 1.06. The molecule has 6 heteroatoms. The maximum absolute atomic E-state index is 10.0. The van der Waals surface area contributed by atoms with Crippen LogP contribution in [-0.4, -0.2) is 18.4 Å². The second kappa shape index (κ2) is 6.05. The average Bonchev–Trinajstić information content (AvgIpc) is 1.88. The van der Waals surface area contributed by atoms with Crippen molar-refractivity contribution in [1.29, 1.82) is 0 Å². The van der Waals surface area contributed by atoms with Gasteiger partial charge in [0.05, 0.1) is 4.92 Å². The molecule has 60 valence electrons. The summed E-state index contributed by atoms with van der Waals surface area (Å²) in [6.45, 7) is 0. The fourth-order valence-corrected chi connectivity index (χ4v) is 0.574. The fourth-order valence-electron chi connectivity index (χ4n) is 0.574. The van der Waals surface area contributed by atoms with Gasteiger partial charge in [0.1, 0.15) is 5.75 Å². The van der Waals surface area contributed by atoms with Gasteiger partial charge in [-0.1, -0.05) is 8.41 Å². The normalized spacial score (nSPS) is 7.67. The van der Waals surface area contributed by atoms with Gasteiger partial charge in [0, 0.05) is 12.1 Å². The van der Waals surface area contributed by atoms with Gasteiger partial charge in [-0.05, 0) is 12.1 Å². The maximum Gasteiger partial charge on any atom is 1.00 e. The van der Waals surface area contributed by atoms with Crippen molar-refractivity contribution in [2.24, 2.45) is 0 Å². The molecular weight excluding hydrogens is 168 g/mol. The molecule has 0 aliphatic heterocycles. The standard InChI is InChI=1S/C6H5NO3.BH4.Na/c8-6-3-1-5(2-4-6)7(9)10;;/h1-4,8H;1H4;/q;-1;+1. The van der Waals surface area contributed by atoms with Crippen LogP contribution >= 0.6 is 0 Å². The van der Waals surface area contributed by atoms with Crippen molar-refractivity contribution in [2.45, 2.75) is 0 Å². The van der Waals surface area contributed by atoms with Crippen molar-refractivity contribution >= 4 is 14.1 Å². The maximum atomic E-state index is 10.0. The first-order valence-electron chi connectivity index (χ1n) is 2.63. The second-order valence-electron chi connectivity index (χ2n) is 1.77. The van der Waals surface area contributed by atoms with Gasteiger partial charge in [-0.15, -0.1) is 0 Å². The summed E-state index contributed by atoms with van der Waals surface area (Å²) in [5.41, 5.74) is -0.0159. The molecule has 0 saturated carbocycles.